The third kappa shape index (κ3) is 4.24. The lowest BCUT2D eigenvalue weighted by Crippen LogP contribution is -2.31. The highest BCUT2D eigenvalue weighted by Gasteiger charge is 2.17. The number of hydrogen-bond acceptors (Lipinski definition) is 3. The zero-order chi connectivity index (χ0) is 18.5. The molecule has 0 unspecified atom stereocenters. The summed E-state index contributed by atoms with van der Waals surface area (Å²) in [4.78, 5) is 14.2. The molecule has 0 fully saturated rings. The standard InChI is InChI=1S/C20H20ClN3O2/c1-15-13-19(22-24(15)17-8-4-3-5-9-17)20(25)23(2)11-12-26-18-10-6-7-16(21)14-18/h3-10,13-14H,11-12H2,1-2H3. The molecule has 0 aliphatic carbocycles. The van der Waals surface area contributed by atoms with Gasteiger partial charge in [-0.15, -0.1) is 0 Å². The van der Waals surface area contributed by atoms with Gasteiger partial charge in [0.15, 0.2) is 5.69 Å². The monoisotopic (exact) mass is 369 g/mol. The van der Waals surface area contributed by atoms with Gasteiger partial charge in [-0.1, -0.05) is 35.9 Å². The van der Waals surface area contributed by atoms with Gasteiger partial charge in [0.1, 0.15) is 12.4 Å². The largest absolute Gasteiger partial charge is 0.492 e. The smallest absolute Gasteiger partial charge is 0.274 e. The minimum absolute atomic E-state index is 0.141. The molecule has 26 heavy (non-hydrogen) atoms. The van der Waals surface area contributed by atoms with E-state index in [0.717, 1.165) is 11.4 Å². The van der Waals surface area contributed by atoms with Crippen LogP contribution in [0, 0.1) is 6.92 Å². The van der Waals surface area contributed by atoms with Crippen LogP contribution in [-0.2, 0) is 0 Å². The van der Waals surface area contributed by atoms with Crippen LogP contribution in [-0.4, -0.2) is 40.8 Å². The van der Waals surface area contributed by atoms with Gasteiger partial charge >= 0.3 is 0 Å². The summed E-state index contributed by atoms with van der Waals surface area (Å²) in [6, 6.07) is 18.7. The molecular formula is C20H20ClN3O2. The number of rotatable bonds is 6. The highest BCUT2D eigenvalue weighted by Crippen LogP contribution is 2.17. The van der Waals surface area contributed by atoms with E-state index in [-0.39, 0.29) is 5.91 Å². The first-order valence-corrected chi connectivity index (χ1v) is 8.68. The molecule has 3 aromatic rings. The number of likely N-dealkylation sites (N-methyl/N-ethyl adjacent to an activating group) is 1. The number of carbonyl (C=O) groups is 1. The number of aromatic nitrogens is 2. The molecule has 3 rings (SSSR count). The highest BCUT2D eigenvalue weighted by molar-refractivity contribution is 6.30. The van der Waals surface area contributed by atoms with Crippen LogP contribution in [0.15, 0.2) is 60.7 Å². The lowest BCUT2D eigenvalue weighted by Gasteiger charge is -2.16. The summed E-state index contributed by atoms with van der Waals surface area (Å²) >= 11 is 5.93. The minimum atomic E-state index is -0.141. The molecule has 0 spiro atoms. The van der Waals surface area contributed by atoms with E-state index in [0.29, 0.717) is 29.6 Å². The van der Waals surface area contributed by atoms with Crippen molar-refractivity contribution in [2.45, 2.75) is 6.92 Å². The number of hydrogen-bond donors (Lipinski definition) is 0. The average molecular weight is 370 g/mol. The fourth-order valence-electron chi connectivity index (χ4n) is 2.56. The van der Waals surface area contributed by atoms with Crippen molar-refractivity contribution in [3.05, 3.63) is 77.1 Å². The van der Waals surface area contributed by atoms with Gasteiger partial charge in [-0.2, -0.15) is 5.10 Å². The third-order valence-corrected chi connectivity index (χ3v) is 4.18. The predicted molar refractivity (Wildman–Crippen MR) is 102 cm³/mol. The number of aryl methyl sites for hydroxylation is 1. The predicted octanol–water partition coefficient (Wildman–Crippen LogP) is 3.99. The first-order valence-electron chi connectivity index (χ1n) is 8.30. The first kappa shape index (κ1) is 18.0. The van der Waals surface area contributed by atoms with Gasteiger partial charge in [-0.3, -0.25) is 4.79 Å². The van der Waals surface area contributed by atoms with Crippen molar-refractivity contribution >= 4 is 17.5 Å². The van der Waals surface area contributed by atoms with Crippen molar-refractivity contribution in [1.29, 1.82) is 0 Å². The number of halogens is 1. The Labute approximate surface area is 157 Å². The van der Waals surface area contributed by atoms with Gasteiger partial charge in [0.25, 0.3) is 5.91 Å². The molecule has 2 aromatic carbocycles. The molecule has 0 saturated carbocycles. The molecule has 0 aliphatic heterocycles. The molecule has 1 amide bonds. The Morgan fingerprint density at radius 3 is 2.65 bits per heavy atom. The lowest BCUT2D eigenvalue weighted by molar-refractivity contribution is 0.0767. The number of nitrogens with zero attached hydrogens (tertiary/aromatic N) is 3. The Morgan fingerprint density at radius 1 is 1.15 bits per heavy atom. The van der Waals surface area contributed by atoms with Crippen LogP contribution in [0.1, 0.15) is 16.2 Å². The van der Waals surface area contributed by atoms with Gasteiger partial charge < -0.3 is 9.64 Å². The number of ether oxygens (including phenoxy) is 1. The van der Waals surface area contributed by atoms with E-state index in [1.54, 1.807) is 34.8 Å². The molecule has 1 aromatic heterocycles. The van der Waals surface area contributed by atoms with Crippen molar-refractivity contribution in [3.63, 3.8) is 0 Å². The summed E-state index contributed by atoms with van der Waals surface area (Å²) in [5, 5.41) is 5.07. The molecule has 0 saturated heterocycles. The number of carbonyl (C=O) groups excluding carboxylic acids is 1. The number of amides is 1. The second-order valence-corrected chi connectivity index (χ2v) is 6.39. The maximum atomic E-state index is 12.6. The molecule has 0 N–H and O–H groups in total. The Kier molecular flexibility index (Phi) is 5.58. The van der Waals surface area contributed by atoms with E-state index in [2.05, 4.69) is 5.10 Å². The number of benzene rings is 2. The fourth-order valence-corrected chi connectivity index (χ4v) is 2.74. The summed E-state index contributed by atoms with van der Waals surface area (Å²) in [6.07, 6.45) is 0. The van der Waals surface area contributed by atoms with E-state index < -0.39 is 0 Å². The van der Waals surface area contributed by atoms with Crippen LogP contribution in [0.5, 0.6) is 5.75 Å². The maximum Gasteiger partial charge on any atom is 0.274 e. The average Bonchev–Trinajstić information content (AvgIpc) is 3.03. The third-order valence-electron chi connectivity index (χ3n) is 3.95. The Hall–Kier alpha value is -2.79. The van der Waals surface area contributed by atoms with Crippen LogP contribution in [0.2, 0.25) is 5.02 Å². The van der Waals surface area contributed by atoms with Crippen molar-refractivity contribution < 1.29 is 9.53 Å². The quantitative estimate of drug-likeness (QED) is 0.660. The molecular weight excluding hydrogens is 350 g/mol. The normalized spacial score (nSPS) is 10.6. The van der Waals surface area contributed by atoms with E-state index >= 15 is 0 Å². The van der Waals surface area contributed by atoms with Gasteiger partial charge in [0.05, 0.1) is 12.2 Å². The molecule has 6 heteroatoms. The second kappa shape index (κ2) is 8.06. The van der Waals surface area contributed by atoms with Gasteiger partial charge in [-0.25, -0.2) is 4.68 Å². The molecule has 0 aliphatic rings. The van der Waals surface area contributed by atoms with E-state index in [4.69, 9.17) is 16.3 Å². The zero-order valence-corrected chi connectivity index (χ0v) is 15.5. The van der Waals surface area contributed by atoms with Crippen molar-refractivity contribution in [1.82, 2.24) is 14.7 Å². The van der Waals surface area contributed by atoms with Crippen LogP contribution in [0.3, 0.4) is 0 Å². The summed E-state index contributed by atoms with van der Waals surface area (Å²) in [5.74, 6) is 0.542. The van der Waals surface area contributed by atoms with Crippen LogP contribution in [0.4, 0.5) is 0 Å². The van der Waals surface area contributed by atoms with Gasteiger partial charge in [0.2, 0.25) is 0 Å². The summed E-state index contributed by atoms with van der Waals surface area (Å²) < 4.78 is 7.41. The molecule has 5 nitrogen and oxygen atoms in total. The molecule has 0 bridgehead atoms. The summed E-state index contributed by atoms with van der Waals surface area (Å²) in [5.41, 5.74) is 2.25. The van der Waals surface area contributed by atoms with Crippen LogP contribution in [0.25, 0.3) is 5.69 Å². The van der Waals surface area contributed by atoms with Crippen molar-refractivity contribution in [3.8, 4) is 11.4 Å². The van der Waals surface area contributed by atoms with Gasteiger partial charge in [0, 0.05) is 17.8 Å². The van der Waals surface area contributed by atoms with Gasteiger partial charge in [-0.05, 0) is 43.3 Å². The Bertz CT molecular complexity index is 893. The Balaban J connectivity index is 1.62. The minimum Gasteiger partial charge on any atom is -0.492 e. The maximum absolute atomic E-state index is 12.6. The topological polar surface area (TPSA) is 47.4 Å². The summed E-state index contributed by atoms with van der Waals surface area (Å²) in [6.45, 7) is 2.75. The lowest BCUT2D eigenvalue weighted by atomic mass is 10.3. The second-order valence-electron chi connectivity index (χ2n) is 5.95. The van der Waals surface area contributed by atoms with Crippen LogP contribution >= 0.6 is 11.6 Å². The SMILES string of the molecule is Cc1cc(C(=O)N(C)CCOc2cccc(Cl)c2)nn1-c1ccccc1. The van der Waals surface area contributed by atoms with Crippen molar-refractivity contribution in [2.75, 3.05) is 20.2 Å². The molecule has 0 radical (unpaired) electrons. The number of para-hydroxylation sites is 1. The van der Waals surface area contributed by atoms with Crippen LogP contribution < -0.4 is 4.74 Å². The van der Waals surface area contributed by atoms with E-state index in [1.165, 1.54) is 0 Å². The Morgan fingerprint density at radius 2 is 1.92 bits per heavy atom. The van der Waals surface area contributed by atoms with Crippen molar-refractivity contribution in [2.24, 2.45) is 0 Å². The highest BCUT2D eigenvalue weighted by atomic mass is 35.5. The fraction of sp³-hybridized carbons (Fsp3) is 0.200. The van der Waals surface area contributed by atoms with E-state index in [1.807, 2.05) is 49.4 Å². The zero-order valence-electron chi connectivity index (χ0n) is 14.7. The van der Waals surface area contributed by atoms with E-state index in [9.17, 15) is 4.79 Å². The first-order chi connectivity index (χ1) is 12.5. The molecule has 1 heterocycles. The molecule has 0 atom stereocenters. The summed E-state index contributed by atoms with van der Waals surface area (Å²) in [7, 11) is 1.74. The molecule has 134 valence electrons.